The van der Waals surface area contributed by atoms with Gasteiger partial charge in [-0.15, -0.1) is 0 Å². The SMILES string of the molecule is COc1ccc([C@@H](C(=O)NC[C@H]2CCCO2)N(Cc2ccc(Cl)cc2)C(=O)CNC(=O)c2ccco2)cc1OC. The van der Waals surface area contributed by atoms with Crippen LogP contribution in [0.15, 0.2) is 65.3 Å². The van der Waals surface area contributed by atoms with Crippen molar-refractivity contribution in [2.45, 2.75) is 31.5 Å². The predicted molar refractivity (Wildman–Crippen MR) is 147 cm³/mol. The number of carbonyl (C=O) groups excluding carboxylic acids is 3. The molecule has 2 aromatic carbocycles. The minimum Gasteiger partial charge on any atom is -0.493 e. The Bertz CT molecular complexity index is 1290. The van der Waals surface area contributed by atoms with Crippen LogP contribution in [-0.4, -0.2) is 62.6 Å². The number of rotatable bonds is 12. The molecular formula is C29H32ClN3O7. The summed E-state index contributed by atoms with van der Waals surface area (Å²) >= 11 is 6.08. The van der Waals surface area contributed by atoms with Crippen molar-refractivity contribution in [3.63, 3.8) is 0 Å². The molecule has 2 heterocycles. The van der Waals surface area contributed by atoms with Crippen molar-refractivity contribution >= 4 is 29.3 Å². The van der Waals surface area contributed by atoms with Gasteiger partial charge >= 0.3 is 0 Å². The molecule has 1 saturated heterocycles. The Hall–Kier alpha value is -4.02. The van der Waals surface area contributed by atoms with Gasteiger partial charge < -0.3 is 34.2 Å². The van der Waals surface area contributed by atoms with E-state index in [-0.39, 0.29) is 25.0 Å². The first-order valence-corrected chi connectivity index (χ1v) is 13.2. The lowest BCUT2D eigenvalue weighted by atomic mass is 10.0. The van der Waals surface area contributed by atoms with Crippen LogP contribution in [0.25, 0.3) is 0 Å². The third-order valence-corrected chi connectivity index (χ3v) is 6.79. The molecule has 0 unspecified atom stereocenters. The monoisotopic (exact) mass is 569 g/mol. The summed E-state index contributed by atoms with van der Waals surface area (Å²) < 4.78 is 21.6. The molecule has 10 nitrogen and oxygen atoms in total. The van der Waals surface area contributed by atoms with Gasteiger partial charge in [-0.25, -0.2) is 0 Å². The van der Waals surface area contributed by atoms with Crippen LogP contribution < -0.4 is 20.1 Å². The number of halogens is 1. The lowest BCUT2D eigenvalue weighted by molar-refractivity contribution is -0.141. The van der Waals surface area contributed by atoms with E-state index in [0.717, 1.165) is 18.4 Å². The van der Waals surface area contributed by atoms with Gasteiger partial charge in [-0.05, 0) is 60.4 Å². The fourth-order valence-corrected chi connectivity index (χ4v) is 4.60. The normalized spacial score (nSPS) is 15.2. The van der Waals surface area contributed by atoms with Gasteiger partial charge in [0.25, 0.3) is 5.91 Å². The topological polar surface area (TPSA) is 119 Å². The molecule has 212 valence electrons. The molecule has 1 fully saturated rings. The van der Waals surface area contributed by atoms with Gasteiger partial charge in [0, 0.05) is 24.7 Å². The van der Waals surface area contributed by atoms with Gasteiger partial charge in [0.05, 0.1) is 33.1 Å². The van der Waals surface area contributed by atoms with Crippen molar-refractivity contribution in [1.29, 1.82) is 0 Å². The van der Waals surface area contributed by atoms with Crippen molar-refractivity contribution in [1.82, 2.24) is 15.5 Å². The first-order chi connectivity index (χ1) is 19.4. The van der Waals surface area contributed by atoms with Gasteiger partial charge in [-0.3, -0.25) is 14.4 Å². The van der Waals surface area contributed by atoms with Crippen LogP contribution in [0.2, 0.25) is 5.02 Å². The summed E-state index contributed by atoms with van der Waals surface area (Å²) in [6.07, 6.45) is 3.04. The number of hydrogen-bond acceptors (Lipinski definition) is 7. The average Bonchev–Trinajstić information content (AvgIpc) is 3.70. The zero-order valence-electron chi connectivity index (χ0n) is 22.4. The highest BCUT2D eigenvalue weighted by Crippen LogP contribution is 2.33. The Balaban J connectivity index is 1.67. The van der Waals surface area contributed by atoms with E-state index in [2.05, 4.69) is 10.6 Å². The van der Waals surface area contributed by atoms with Crippen molar-refractivity contribution < 1.29 is 33.0 Å². The van der Waals surface area contributed by atoms with E-state index < -0.39 is 23.8 Å². The summed E-state index contributed by atoms with van der Waals surface area (Å²) in [6.45, 7) is 0.659. The number of hydrogen-bond donors (Lipinski definition) is 2. The van der Waals surface area contributed by atoms with Crippen LogP contribution in [0.1, 0.15) is 40.6 Å². The third kappa shape index (κ3) is 7.34. The molecule has 2 N–H and O–H groups in total. The molecule has 40 heavy (non-hydrogen) atoms. The van der Waals surface area contributed by atoms with Crippen LogP contribution in [0.4, 0.5) is 0 Å². The van der Waals surface area contributed by atoms with Gasteiger partial charge in [0.2, 0.25) is 11.8 Å². The fraction of sp³-hybridized carbons (Fsp3) is 0.345. The van der Waals surface area contributed by atoms with Crippen LogP contribution in [-0.2, 0) is 20.9 Å². The van der Waals surface area contributed by atoms with E-state index >= 15 is 0 Å². The molecule has 0 saturated carbocycles. The summed E-state index contributed by atoms with van der Waals surface area (Å²) in [5.74, 6) is -0.476. The Morgan fingerprint density at radius 1 is 1.05 bits per heavy atom. The van der Waals surface area contributed by atoms with Gasteiger partial charge in [0.15, 0.2) is 17.3 Å². The fourth-order valence-electron chi connectivity index (χ4n) is 4.47. The number of benzene rings is 2. The number of amides is 3. The molecule has 1 aromatic heterocycles. The molecule has 2 atom stereocenters. The summed E-state index contributed by atoms with van der Waals surface area (Å²) in [4.78, 5) is 41.5. The second-order valence-electron chi connectivity index (χ2n) is 9.21. The zero-order chi connectivity index (χ0) is 28.5. The van der Waals surface area contributed by atoms with E-state index in [1.54, 1.807) is 48.5 Å². The quantitative estimate of drug-likeness (QED) is 0.341. The second kappa shape index (κ2) is 13.9. The van der Waals surface area contributed by atoms with Gasteiger partial charge in [-0.2, -0.15) is 0 Å². The highest BCUT2D eigenvalue weighted by atomic mass is 35.5. The molecule has 1 aliphatic heterocycles. The lowest BCUT2D eigenvalue weighted by Gasteiger charge is -2.32. The Kier molecular flexibility index (Phi) is 10.0. The number of nitrogens with one attached hydrogen (secondary N) is 2. The summed E-state index contributed by atoms with van der Waals surface area (Å²) in [5.41, 5.74) is 1.25. The summed E-state index contributed by atoms with van der Waals surface area (Å²) in [6, 6.07) is 14.0. The maximum Gasteiger partial charge on any atom is 0.287 e. The number of methoxy groups -OCH3 is 2. The predicted octanol–water partition coefficient (Wildman–Crippen LogP) is 3.75. The van der Waals surface area contributed by atoms with Crippen LogP contribution >= 0.6 is 11.6 Å². The van der Waals surface area contributed by atoms with Crippen LogP contribution in [0, 0.1) is 0 Å². The maximum atomic E-state index is 13.8. The second-order valence-corrected chi connectivity index (χ2v) is 9.64. The van der Waals surface area contributed by atoms with E-state index in [0.29, 0.717) is 35.2 Å². The molecule has 4 rings (SSSR count). The molecule has 1 aliphatic rings. The summed E-state index contributed by atoms with van der Waals surface area (Å²) in [7, 11) is 3.01. The molecular weight excluding hydrogens is 538 g/mol. The highest BCUT2D eigenvalue weighted by Gasteiger charge is 2.33. The van der Waals surface area contributed by atoms with Crippen LogP contribution in [0.3, 0.4) is 0 Å². The van der Waals surface area contributed by atoms with E-state index in [1.165, 1.54) is 31.4 Å². The minimum atomic E-state index is -1.06. The molecule has 3 aromatic rings. The smallest absolute Gasteiger partial charge is 0.287 e. The molecule has 3 amide bonds. The number of carbonyl (C=O) groups is 3. The van der Waals surface area contributed by atoms with Crippen molar-refractivity contribution in [2.75, 3.05) is 33.9 Å². The van der Waals surface area contributed by atoms with E-state index in [9.17, 15) is 14.4 Å². The third-order valence-electron chi connectivity index (χ3n) is 6.54. The minimum absolute atomic E-state index is 0.0684. The Morgan fingerprint density at radius 3 is 2.48 bits per heavy atom. The molecule has 0 bridgehead atoms. The van der Waals surface area contributed by atoms with Gasteiger partial charge in [-0.1, -0.05) is 29.8 Å². The largest absolute Gasteiger partial charge is 0.493 e. The Labute approximate surface area is 237 Å². The van der Waals surface area contributed by atoms with Crippen molar-refractivity contribution in [3.8, 4) is 11.5 Å². The number of furan rings is 1. The average molecular weight is 570 g/mol. The van der Waals surface area contributed by atoms with Crippen molar-refractivity contribution in [3.05, 3.63) is 82.8 Å². The van der Waals surface area contributed by atoms with Gasteiger partial charge in [0.1, 0.15) is 6.04 Å². The number of ether oxygens (including phenoxy) is 3. The first-order valence-electron chi connectivity index (χ1n) is 12.9. The molecule has 0 aliphatic carbocycles. The Morgan fingerprint density at radius 2 is 1.82 bits per heavy atom. The summed E-state index contributed by atoms with van der Waals surface area (Å²) in [5, 5.41) is 6.07. The maximum absolute atomic E-state index is 13.8. The highest BCUT2D eigenvalue weighted by molar-refractivity contribution is 6.30. The first kappa shape index (κ1) is 29.0. The molecule has 0 spiro atoms. The number of nitrogens with zero attached hydrogens (tertiary/aromatic N) is 1. The zero-order valence-corrected chi connectivity index (χ0v) is 23.1. The van der Waals surface area contributed by atoms with E-state index in [4.69, 9.17) is 30.2 Å². The molecule has 0 radical (unpaired) electrons. The lowest BCUT2D eigenvalue weighted by Crippen LogP contribution is -2.48. The molecule has 11 heteroatoms. The van der Waals surface area contributed by atoms with Crippen LogP contribution in [0.5, 0.6) is 11.5 Å². The van der Waals surface area contributed by atoms with Crippen molar-refractivity contribution in [2.24, 2.45) is 0 Å². The standard InChI is InChI=1S/C29H32ClN3O7/c1-37-23-12-9-20(15-25(23)38-2)27(29(36)31-16-22-5-3-13-39-22)33(18-19-7-10-21(30)11-8-19)26(34)17-32-28(35)24-6-4-14-40-24/h4,6-12,14-15,22,27H,3,5,13,16-18H2,1-2H3,(H,31,36)(H,32,35)/t22-,27+/m1/s1. The van der Waals surface area contributed by atoms with E-state index in [1.807, 2.05) is 0 Å².